The molecule has 0 bridgehead atoms. The molecule has 0 heterocycles. The molecule has 1 nitrogen and oxygen atoms in total. The molecule has 4 heteroatoms. The van der Waals surface area contributed by atoms with Crippen LogP contribution >= 0.6 is 23.2 Å². The highest BCUT2D eigenvalue weighted by Crippen LogP contribution is 2.27. The predicted molar refractivity (Wildman–Crippen MR) is 60.2 cm³/mol. The third-order valence-electron chi connectivity index (χ3n) is 2.32. The van der Waals surface area contributed by atoms with Gasteiger partial charge in [0.05, 0.1) is 5.02 Å². The Morgan fingerprint density at radius 2 is 2.07 bits per heavy atom. The number of Topliss-reactive ketones (excluding diaryl/α,β-unsaturated/α-hetero) is 1. The molecule has 15 heavy (non-hydrogen) atoms. The summed E-state index contributed by atoms with van der Waals surface area (Å²) in [6.07, 6.45) is 0.684. The van der Waals surface area contributed by atoms with Crippen LogP contribution in [0, 0.1) is 11.7 Å². The molecule has 0 amide bonds. The Morgan fingerprint density at radius 3 is 2.60 bits per heavy atom. The summed E-state index contributed by atoms with van der Waals surface area (Å²) in [4.78, 5) is 11.8. The minimum absolute atomic E-state index is 0.148. The van der Waals surface area contributed by atoms with Gasteiger partial charge >= 0.3 is 0 Å². The van der Waals surface area contributed by atoms with Gasteiger partial charge in [-0.3, -0.25) is 4.79 Å². The second-order valence-electron chi connectivity index (χ2n) is 3.42. The lowest BCUT2D eigenvalue weighted by atomic mass is 9.97. The number of hydrogen-bond donors (Lipinski definition) is 0. The number of halogens is 3. The second kappa shape index (κ2) is 4.95. The van der Waals surface area contributed by atoms with Gasteiger partial charge in [-0.1, -0.05) is 37.0 Å². The van der Waals surface area contributed by atoms with Crippen molar-refractivity contribution in [2.45, 2.75) is 20.3 Å². The highest BCUT2D eigenvalue weighted by Gasteiger charge is 2.19. The SMILES string of the molecule is CCC(C)C(=O)c1cc(Cl)cc(F)c1Cl. The lowest BCUT2D eigenvalue weighted by Gasteiger charge is -2.09. The van der Waals surface area contributed by atoms with Crippen LogP contribution in [0.2, 0.25) is 10.0 Å². The Bertz CT molecular complexity index is 390. The summed E-state index contributed by atoms with van der Waals surface area (Å²) in [5.41, 5.74) is 0.163. The van der Waals surface area contributed by atoms with Crippen LogP contribution in [0.4, 0.5) is 4.39 Å². The second-order valence-corrected chi connectivity index (χ2v) is 4.24. The standard InChI is InChI=1S/C11H11Cl2FO/c1-3-6(2)11(15)8-4-7(12)5-9(14)10(8)13/h4-6H,3H2,1-2H3. The van der Waals surface area contributed by atoms with Crippen LogP contribution < -0.4 is 0 Å². The van der Waals surface area contributed by atoms with Gasteiger partial charge in [-0.15, -0.1) is 0 Å². The van der Waals surface area contributed by atoms with E-state index in [9.17, 15) is 9.18 Å². The minimum Gasteiger partial charge on any atom is -0.294 e. The number of hydrogen-bond acceptors (Lipinski definition) is 1. The molecule has 1 atom stereocenters. The maximum atomic E-state index is 13.2. The topological polar surface area (TPSA) is 17.1 Å². The average molecular weight is 249 g/mol. The van der Waals surface area contributed by atoms with E-state index >= 15 is 0 Å². The van der Waals surface area contributed by atoms with Crippen molar-refractivity contribution in [1.29, 1.82) is 0 Å². The van der Waals surface area contributed by atoms with Crippen molar-refractivity contribution in [2.24, 2.45) is 5.92 Å². The Labute approximate surface area is 98.2 Å². The zero-order valence-electron chi connectivity index (χ0n) is 8.48. The number of carbonyl (C=O) groups is 1. The molecule has 0 radical (unpaired) electrons. The summed E-state index contributed by atoms with van der Waals surface area (Å²) < 4.78 is 13.2. The summed E-state index contributed by atoms with van der Waals surface area (Å²) in [7, 11) is 0. The van der Waals surface area contributed by atoms with Crippen molar-refractivity contribution in [2.75, 3.05) is 0 Å². The first-order chi connectivity index (χ1) is 6.97. The lowest BCUT2D eigenvalue weighted by molar-refractivity contribution is 0.0927. The molecule has 0 aliphatic carbocycles. The van der Waals surface area contributed by atoms with Gasteiger partial charge in [-0.25, -0.2) is 4.39 Å². The first-order valence-electron chi connectivity index (χ1n) is 4.66. The largest absolute Gasteiger partial charge is 0.294 e. The Hall–Kier alpha value is -0.600. The minimum atomic E-state index is -0.657. The fourth-order valence-electron chi connectivity index (χ4n) is 1.19. The molecule has 0 saturated carbocycles. The molecule has 0 spiro atoms. The highest BCUT2D eigenvalue weighted by atomic mass is 35.5. The number of rotatable bonds is 3. The van der Waals surface area contributed by atoms with Gasteiger partial charge < -0.3 is 0 Å². The fourth-order valence-corrected chi connectivity index (χ4v) is 1.59. The van der Waals surface area contributed by atoms with Crippen LogP contribution in [-0.2, 0) is 0 Å². The molecule has 1 aromatic rings. The summed E-state index contributed by atoms with van der Waals surface area (Å²) in [6.45, 7) is 3.66. The van der Waals surface area contributed by atoms with E-state index in [1.807, 2.05) is 6.92 Å². The van der Waals surface area contributed by atoms with Crippen molar-refractivity contribution in [1.82, 2.24) is 0 Å². The van der Waals surface area contributed by atoms with E-state index in [-0.39, 0.29) is 27.3 Å². The number of carbonyl (C=O) groups excluding carboxylic acids is 1. The van der Waals surface area contributed by atoms with Crippen LogP contribution in [0.15, 0.2) is 12.1 Å². The van der Waals surface area contributed by atoms with Crippen LogP contribution in [0.5, 0.6) is 0 Å². The zero-order chi connectivity index (χ0) is 11.6. The zero-order valence-corrected chi connectivity index (χ0v) is 9.99. The van der Waals surface area contributed by atoms with E-state index in [0.29, 0.717) is 6.42 Å². The smallest absolute Gasteiger partial charge is 0.167 e. The van der Waals surface area contributed by atoms with Gasteiger partial charge in [0.2, 0.25) is 0 Å². The van der Waals surface area contributed by atoms with Crippen LogP contribution in [0.3, 0.4) is 0 Å². The maximum absolute atomic E-state index is 13.2. The summed E-state index contributed by atoms with van der Waals surface area (Å²) >= 11 is 11.4. The number of benzene rings is 1. The normalized spacial score (nSPS) is 12.6. The first kappa shape index (κ1) is 12.5. The van der Waals surface area contributed by atoms with Crippen molar-refractivity contribution in [3.8, 4) is 0 Å². The summed E-state index contributed by atoms with van der Waals surface area (Å²) in [6, 6.07) is 2.50. The van der Waals surface area contributed by atoms with E-state index in [4.69, 9.17) is 23.2 Å². The van der Waals surface area contributed by atoms with Gasteiger partial charge in [0, 0.05) is 16.5 Å². The van der Waals surface area contributed by atoms with Crippen molar-refractivity contribution < 1.29 is 9.18 Å². The third-order valence-corrected chi connectivity index (χ3v) is 2.92. The van der Waals surface area contributed by atoms with Crippen LogP contribution in [-0.4, -0.2) is 5.78 Å². The molecule has 0 fully saturated rings. The van der Waals surface area contributed by atoms with E-state index in [1.165, 1.54) is 6.07 Å². The molecule has 82 valence electrons. The Morgan fingerprint density at radius 1 is 1.47 bits per heavy atom. The molecule has 0 aliphatic heterocycles. The molecular weight excluding hydrogens is 238 g/mol. The fraction of sp³-hybridized carbons (Fsp3) is 0.364. The number of ketones is 1. The van der Waals surface area contributed by atoms with Gasteiger partial charge in [0.25, 0.3) is 0 Å². The lowest BCUT2D eigenvalue weighted by Crippen LogP contribution is -2.11. The average Bonchev–Trinajstić information content (AvgIpc) is 2.21. The van der Waals surface area contributed by atoms with Gasteiger partial charge in [-0.05, 0) is 18.6 Å². The highest BCUT2D eigenvalue weighted by molar-refractivity contribution is 6.36. The van der Waals surface area contributed by atoms with Crippen LogP contribution in [0.25, 0.3) is 0 Å². The monoisotopic (exact) mass is 248 g/mol. The van der Waals surface area contributed by atoms with Crippen molar-refractivity contribution in [3.63, 3.8) is 0 Å². The third kappa shape index (κ3) is 2.70. The summed E-state index contributed by atoms with van der Waals surface area (Å²) in [5, 5.41) is 0.0354. The van der Waals surface area contributed by atoms with E-state index in [0.717, 1.165) is 6.07 Å². The molecule has 1 rings (SSSR count). The van der Waals surface area contributed by atoms with Crippen molar-refractivity contribution in [3.05, 3.63) is 33.6 Å². The van der Waals surface area contributed by atoms with Gasteiger partial charge in [0.1, 0.15) is 5.82 Å². The molecule has 0 saturated heterocycles. The molecule has 0 aliphatic rings. The first-order valence-corrected chi connectivity index (χ1v) is 5.41. The molecule has 1 aromatic carbocycles. The van der Waals surface area contributed by atoms with E-state index in [2.05, 4.69) is 0 Å². The Kier molecular flexibility index (Phi) is 4.12. The summed E-state index contributed by atoms with van der Waals surface area (Å²) in [5.74, 6) is -1.01. The van der Waals surface area contributed by atoms with E-state index < -0.39 is 5.82 Å². The quantitative estimate of drug-likeness (QED) is 0.574. The Balaban J connectivity index is 3.19. The molecular formula is C11H11Cl2FO. The van der Waals surface area contributed by atoms with Gasteiger partial charge in [0.15, 0.2) is 5.78 Å². The maximum Gasteiger partial charge on any atom is 0.167 e. The predicted octanol–water partition coefficient (Wildman–Crippen LogP) is 4.36. The molecule has 0 aromatic heterocycles. The van der Waals surface area contributed by atoms with E-state index in [1.54, 1.807) is 6.92 Å². The van der Waals surface area contributed by atoms with Crippen LogP contribution in [0.1, 0.15) is 30.6 Å². The van der Waals surface area contributed by atoms with Crippen molar-refractivity contribution >= 4 is 29.0 Å². The molecule has 1 unspecified atom stereocenters. The molecule has 0 N–H and O–H groups in total. The van der Waals surface area contributed by atoms with Gasteiger partial charge in [-0.2, -0.15) is 0 Å².